The monoisotopic (exact) mass is 470 g/mol. The fourth-order valence-electron chi connectivity index (χ4n) is 3.02. The normalized spacial score (nSPS) is 15.6. The summed E-state index contributed by atoms with van der Waals surface area (Å²) in [5.74, 6) is 0.818. The molecule has 0 aliphatic carbocycles. The number of carbonyl (C=O) groups excluding carboxylic acids is 2. The first-order valence-electron chi connectivity index (χ1n) is 10.6. The van der Waals surface area contributed by atoms with Crippen molar-refractivity contribution in [3.8, 4) is 5.75 Å². The molecule has 176 valence electrons. The largest absolute Gasteiger partial charge is 0.507 e. The highest BCUT2D eigenvalue weighted by atomic mass is 32.2. The molecule has 1 aromatic carbocycles. The molecule has 0 amide bonds. The Morgan fingerprint density at radius 3 is 1.77 bits per heavy atom. The lowest BCUT2D eigenvalue weighted by Gasteiger charge is -2.25. The molecule has 4 unspecified atom stereocenters. The second kappa shape index (κ2) is 12.0. The number of ether oxygens (including phenoxy) is 2. The van der Waals surface area contributed by atoms with Crippen molar-refractivity contribution in [2.45, 2.75) is 75.9 Å². The Bertz CT molecular complexity index is 757. The Morgan fingerprint density at radius 2 is 1.35 bits per heavy atom. The van der Waals surface area contributed by atoms with Crippen LogP contribution in [0.5, 0.6) is 5.75 Å². The molecule has 0 radical (unpaired) electrons. The van der Waals surface area contributed by atoms with E-state index in [1.54, 1.807) is 23.5 Å². The van der Waals surface area contributed by atoms with E-state index in [0.29, 0.717) is 11.5 Å². The number of esters is 2. The van der Waals surface area contributed by atoms with Crippen molar-refractivity contribution < 1.29 is 24.2 Å². The molecule has 7 heteroatoms. The molecular formula is C24H38O5S2. The van der Waals surface area contributed by atoms with Gasteiger partial charge in [-0.25, -0.2) is 0 Å². The molecule has 0 aliphatic heterocycles. The Balaban J connectivity index is 3.06. The van der Waals surface area contributed by atoms with Crippen molar-refractivity contribution in [1.82, 2.24) is 0 Å². The first-order valence-corrected chi connectivity index (χ1v) is 12.7. The number of benzene rings is 1. The van der Waals surface area contributed by atoms with E-state index in [0.717, 1.165) is 22.4 Å². The second-order valence-electron chi connectivity index (χ2n) is 9.06. The zero-order valence-electron chi connectivity index (χ0n) is 20.3. The molecule has 0 aromatic heterocycles. The SMILES string of the molecule is COC(=O)C(C)C(C)SCc1cc(CSC(C)C(C)C(=O)OC)c(O)c(C(C)(C)C)c1. The molecular weight excluding hydrogens is 432 g/mol. The highest BCUT2D eigenvalue weighted by Gasteiger charge is 2.25. The Hall–Kier alpha value is -1.34. The zero-order chi connectivity index (χ0) is 23.9. The third-order valence-electron chi connectivity index (χ3n) is 5.63. The Kier molecular flexibility index (Phi) is 10.8. The highest BCUT2D eigenvalue weighted by Crippen LogP contribution is 2.38. The standard InChI is InChI=1S/C24H38O5S2/c1-14(22(26)28-8)16(3)30-12-18-10-19(21(25)20(11-18)24(5,6)7)13-31-17(4)15(2)23(27)29-9/h10-11,14-17,25H,12-13H2,1-9H3. The highest BCUT2D eigenvalue weighted by molar-refractivity contribution is 7.99. The lowest BCUT2D eigenvalue weighted by molar-refractivity contribution is -0.145. The van der Waals surface area contributed by atoms with Crippen LogP contribution in [-0.4, -0.2) is 41.8 Å². The first kappa shape index (κ1) is 27.7. The quantitative estimate of drug-likeness (QED) is 0.449. The topological polar surface area (TPSA) is 72.8 Å². The lowest BCUT2D eigenvalue weighted by atomic mass is 9.84. The molecule has 1 N–H and O–H groups in total. The maximum absolute atomic E-state index is 11.8. The number of phenols is 1. The number of methoxy groups -OCH3 is 2. The second-order valence-corrected chi connectivity index (χ2v) is 11.8. The predicted octanol–water partition coefficient (Wildman–Crippen LogP) is 5.55. The third kappa shape index (κ3) is 7.94. The third-order valence-corrected chi connectivity index (χ3v) is 8.47. The molecule has 0 saturated heterocycles. The summed E-state index contributed by atoms with van der Waals surface area (Å²) in [6, 6.07) is 4.10. The molecule has 0 saturated carbocycles. The lowest BCUT2D eigenvalue weighted by Crippen LogP contribution is -2.22. The number of hydrogen-bond acceptors (Lipinski definition) is 7. The predicted molar refractivity (Wildman–Crippen MR) is 131 cm³/mol. The molecule has 1 rings (SSSR count). The summed E-state index contributed by atoms with van der Waals surface area (Å²) in [4.78, 5) is 23.6. The van der Waals surface area contributed by atoms with Gasteiger partial charge in [0.1, 0.15) is 5.75 Å². The molecule has 0 aliphatic rings. The van der Waals surface area contributed by atoms with Crippen LogP contribution >= 0.6 is 23.5 Å². The Morgan fingerprint density at radius 1 is 0.903 bits per heavy atom. The maximum Gasteiger partial charge on any atom is 0.309 e. The van der Waals surface area contributed by atoms with Crippen molar-refractivity contribution in [2.75, 3.05) is 14.2 Å². The van der Waals surface area contributed by atoms with Crippen LogP contribution in [0, 0.1) is 11.8 Å². The van der Waals surface area contributed by atoms with Crippen LogP contribution in [0.3, 0.4) is 0 Å². The summed E-state index contributed by atoms with van der Waals surface area (Å²) in [7, 11) is 2.82. The molecule has 0 fully saturated rings. The van der Waals surface area contributed by atoms with Gasteiger partial charge in [0, 0.05) is 27.6 Å². The van der Waals surface area contributed by atoms with Crippen molar-refractivity contribution in [3.63, 3.8) is 0 Å². The van der Waals surface area contributed by atoms with Gasteiger partial charge in [0.2, 0.25) is 0 Å². The Labute approximate surface area is 196 Å². The van der Waals surface area contributed by atoms with Crippen LogP contribution in [0.2, 0.25) is 0 Å². The van der Waals surface area contributed by atoms with E-state index in [1.807, 2.05) is 33.8 Å². The van der Waals surface area contributed by atoms with Gasteiger partial charge in [0.15, 0.2) is 0 Å². The van der Waals surface area contributed by atoms with E-state index in [4.69, 9.17) is 9.47 Å². The maximum atomic E-state index is 11.8. The number of phenolic OH excluding ortho intramolecular Hbond substituents is 1. The number of hydrogen-bond donors (Lipinski definition) is 1. The average Bonchev–Trinajstić information content (AvgIpc) is 2.73. The van der Waals surface area contributed by atoms with E-state index < -0.39 is 0 Å². The van der Waals surface area contributed by atoms with Crippen molar-refractivity contribution in [3.05, 3.63) is 28.8 Å². The number of carbonyl (C=O) groups is 2. The fourth-order valence-corrected chi connectivity index (χ4v) is 5.10. The molecule has 1 aromatic rings. The van der Waals surface area contributed by atoms with Gasteiger partial charge >= 0.3 is 11.9 Å². The van der Waals surface area contributed by atoms with Crippen molar-refractivity contribution in [1.29, 1.82) is 0 Å². The minimum atomic E-state index is -0.224. The van der Waals surface area contributed by atoms with Gasteiger partial charge in [-0.2, -0.15) is 23.5 Å². The molecule has 0 bridgehead atoms. The summed E-state index contributed by atoms with van der Waals surface area (Å²) in [6.07, 6.45) is 0. The molecule has 0 spiro atoms. The van der Waals surface area contributed by atoms with Gasteiger partial charge in [-0.15, -0.1) is 0 Å². The smallest absolute Gasteiger partial charge is 0.309 e. The minimum Gasteiger partial charge on any atom is -0.507 e. The van der Waals surface area contributed by atoms with E-state index in [9.17, 15) is 14.7 Å². The van der Waals surface area contributed by atoms with Crippen molar-refractivity contribution >= 4 is 35.5 Å². The minimum absolute atomic E-state index is 0.0592. The van der Waals surface area contributed by atoms with Gasteiger partial charge in [0.25, 0.3) is 0 Å². The van der Waals surface area contributed by atoms with E-state index in [-0.39, 0.29) is 39.7 Å². The van der Waals surface area contributed by atoms with Gasteiger partial charge < -0.3 is 14.6 Å². The van der Waals surface area contributed by atoms with Gasteiger partial charge in [-0.3, -0.25) is 9.59 Å². The summed E-state index contributed by atoms with van der Waals surface area (Å²) in [5.41, 5.74) is 2.68. The van der Waals surface area contributed by atoms with Crippen LogP contribution in [0.4, 0.5) is 0 Å². The summed E-state index contributed by atoms with van der Waals surface area (Å²) >= 11 is 3.33. The van der Waals surface area contributed by atoms with Crippen molar-refractivity contribution in [2.24, 2.45) is 11.8 Å². The number of rotatable bonds is 10. The summed E-state index contributed by atoms with van der Waals surface area (Å²) < 4.78 is 9.71. The molecule has 0 heterocycles. The van der Waals surface area contributed by atoms with Crippen LogP contribution < -0.4 is 0 Å². The van der Waals surface area contributed by atoms with E-state index in [2.05, 4.69) is 26.8 Å². The van der Waals surface area contributed by atoms with E-state index in [1.165, 1.54) is 14.2 Å². The first-order chi connectivity index (χ1) is 14.3. The van der Waals surface area contributed by atoms with Crippen LogP contribution in [0.1, 0.15) is 65.2 Å². The van der Waals surface area contributed by atoms with Gasteiger partial charge in [-0.1, -0.05) is 60.6 Å². The number of thioether (sulfide) groups is 2. The van der Waals surface area contributed by atoms with Crippen LogP contribution in [-0.2, 0) is 36.0 Å². The zero-order valence-corrected chi connectivity index (χ0v) is 21.9. The average molecular weight is 471 g/mol. The van der Waals surface area contributed by atoms with Crippen LogP contribution in [0.15, 0.2) is 12.1 Å². The molecule has 4 atom stereocenters. The van der Waals surface area contributed by atoms with Gasteiger partial charge in [-0.05, 0) is 16.5 Å². The summed E-state index contributed by atoms with van der Waals surface area (Å²) in [6.45, 7) is 14.0. The van der Waals surface area contributed by atoms with E-state index >= 15 is 0 Å². The molecule has 31 heavy (non-hydrogen) atoms. The van der Waals surface area contributed by atoms with Crippen LogP contribution in [0.25, 0.3) is 0 Å². The van der Waals surface area contributed by atoms with Gasteiger partial charge in [0.05, 0.1) is 26.1 Å². The summed E-state index contributed by atoms with van der Waals surface area (Å²) in [5, 5.41) is 11.1. The fraction of sp³-hybridized carbons (Fsp3) is 0.667. The number of aromatic hydroxyl groups is 1. The molecule has 5 nitrogen and oxygen atoms in total.